The molecule has 0 rings (SSSR count). The van der Waals surface area contributed by atoms with Gasteiger partial charge in [-0.15, -0.1) is 0 Å². The zero-order valence-electron chi connectivity index (χ0n) is 3.19. The molecule has 0 saturated heterocycles. The molecule has 2 nitrogen and oxygen atoms in total. The van der Waals surface area contributed by atoms with Crippen LogP contribution in [0.2, 0.25) is 0 Å². The second-order valence-electron chi connectivity index (χ2n) is 0.568. The molecule has 1 amide bonds. The SMILES string of the molecule is C=CC([NH-])=O.[Zr]. The second kappa shape index (κ2) is 5.09. The van der Waals surface area contributed by atoms with Gasteiger partial charge in [-0.3, -0.25) is 0 Å². The van der Waals surface area contributed by atoms with E-state index >= 15 is 0 Å². The van der Waals surface area contributed by atoms with E-state index in [2.05, 4.69) is 6.58 Å². The maximum Gasteiger partial charge on any atom is 0.0716 e. The summed E-state index contributed by atoms with van der Waals surface area (Å²) < 4.78 is 0. The van der Waals surface area contributed by atoms with Gasteiger partial charge in [-0.1, -0.05) is 6.58 Å². The summed E-state index contributed by atoms with van der Waals surface area (Å²) in [5.41, 5.74) is 6.07. The van der Waals surface area contributed by atoms with Crippen LogP contribution in [0, 0.1) is 0 Å². The smallest absolute Gasteiger partial charge is 0.0716 e. The number of amides is 1. The summed E-state index contributed by atoms with van der Waals surface area (Å²) in [5.74, 6) is -0.731. The fourth-order valence-electron chi connectivity index (χ4n) is 0. The Kier molecular flexibility index (Phi) is 8.01. The molecule has 0 bridgehead atoms. The van der Waals surface area contributed by atoms with E-state index in [-0.39, 0.29) is 26.2 Å². The summed E-state index contributed by atoms with van der Waals surface area (Å²) in [6.45, 7) is 3.02. The molecular weight excluding hydrogens is 157 g/mol. The predicted octanol–water partition coefficient (Wildman–Crippen LogP) is 0.749. The predicted molar refractivity (Wildman–Crippen MR) is 19.5 cm³/mol. The molecule has 0 radical (unpaired) electrons. The Morgan fingerprint density at radius 1 is 1.83 bits per heavy atom. The van der Waals surface area contributed by atoms with Gasteiger partial charge in [-0.05, 0) is 6.08 Å². The molecule has 6 heavy (non-hydrogen) atoms. The van der Waals surface area contributed by atoms with Crippen LogP contribution in [0.3, 0.4) is 0 Å². The van der Waals surface area contributed by atoms with Gasteiger partial charge in [0.25, 0.3) is 0 Å². The van der Waals surface area contributed by atoms with Crippen molar-refractivity contribution in [1.82, 2.24) is 0 Å². The van der Waals surface area contributed by atoms with Gasteiger partial charge < -0.3 is 10.5 Å². The van der Waals surface area contributed by atoms with E-state index in [1.165, 1.54) is 0 Å². The minimum atomic E-state index is -0.731. The van der Waals surface area contributed by atoms with Crippen molar-refractivity contribution in [2.45, 2.75) is 0 Å². The number of hydrogen-bond acceptors (Lipinski definition) is 1. The van der Waals surface area contributed by atoms with Crippen LogP contribution in [0.25, 0.3) is 5.73 Å². The minimum Gasteiger partial charge on any atom is -0.664 e. The van der Waals surface area contributed by atoms with E-state index in [9.17, 15) is 4.79 Å². The molecule has 0 aliphatic carbocycles. The maximum absolute atomic E-state index is 9.36. The largest absolute Gasteiger partial charge is 0.664 e. The van der Waals surface area contributed by atoms with Crippen molar-refractivity contribution < 1.29 is 31.0 Å². The van der Waals surface area contributed by atoms with Crippen LogP contribution in [0.15, 0.2) is 12.7 Å². The van der Waals surface area contributed by atoms with Gasteiger partial charge in [0.2, 0.25) is 0 Å². The van der Waals surface area contributed by atoms with Gasteiger partial charge in [0, 0.05) is 26.2 Å². The first-order valence-electron chi connectivity index (χ1n) is 1.15. The van der Waals surface area contributed by atoms with Crippen molar-refractivity contribution in [2.75, 3.05) is 0 Å². The van der Waals surface area contributed by atoms with E-state index in [4.69, 9.17) is 5.73 Å². The molecule has 0 atom stereocenters. The normalized spacial score (nSPS) is 5.33. The quantitative estimate of drug-likeness (QED) is 0.523. The van der Waals surface area contributed by atoms with Gasteiger partial charge >= 0.3 is 0 Å². The van der Waals surface area contributed by atoms with Crippen molar-refractivity contribution in [2.24, 2.45) is 0 Å². The Morgan fingerprint density at radius 3 is 2.00 bits per heavy atom. The Labute approximate surface area is 55.5 Å². The number of rotatable bonds is 1. The maximum atomic E-state index is 9.36. The average Bonchev–Trinajstić information content (AvgIpc) is 1.38. The van der Waals surface area contributed by atoms with Gasteiger partial charge in [-0.25, -0.2) is 0 Å². The summed E-state index contributed by atoms with van der Waals surface area (Å²) >= 11 is 0. The third-order valence-electron chi connectivity index (χ3n) is 0.185. The molecular formula is C3H4NOZr-. The van der Waals surface area contributed by atoms with Crippen LogP contribution in [-0.2, 0) is 31.0 Å². The van der Waals surface area contributed by atoms with Crippen LogP contribution in [0.4, 0.5) is 0 Å². The molecule has 0 aliphatic heterocycles. The Hall–Kier alpha value is 0.0931. The van der Waals surface area contributed by atoms with Crippen LogP contribution >= 0.6 is 0 Å². The van der Waals surface area contributed by atoms with Gasteiger partial charge in [0.15, 0.2) is 0 Å². The molecule has 0 aromatic carbocycles. The summed E-state index contributed by atoms with van der Waals surface area (Å²) in [6, 6.07) is 0. The number of nitrogens with one attached hydrogen (secondary N) is 1. The second-order valence-corrected chi connectivity index (χ2v) is 0.568. The molecule has 0 saturated carbocycles. The summed E-state index contributed by atoms with van der Waals surface area (Å²) in [5, 5.41) is 0. The molecule has 0 aliphatic rings. The summed E-state index contributed by atoms with van der Waals surface area (Å²) in [4.78, 5) is 9.36. The summed E-state index contributed by atoms with van der Waals surface area (Å²) in [6.07, 6.45) is 0.944. The number of carbonyl (C=O) groups is 1. The first-order valence-corrected chi connectivity index (χ1v) is 1.15. The topological polar surface area (TPSA) is 40.9 Å². The first-order chi connectivity index (χ1) is 2.27. The van der Waals surface area contributed by atoms with Crippen LogP contribution in [0.1, 0.15) is 0 Å². The standard InChI is InChI=1S/C3H5NO.Zr/c1-2-3(4)5;/h2H,1H2,(H2,4,5);/p-1. The van der Waals surface area contributed by atoms with Crippen LogP contribution < -0.4 is 0 Å². The number of carbonyl (C=O) groups excluding carboxylic acids is 1. The van der Waals surface area contributed by atoms with E-state index in [1.54, 1.807) is 0 Å². The van der Waals surface area contributed by atoms with E-state index < -0.39 is 5.91 Å². The molecule has 0 heterocycles. The van der Waals surface area contributed by atoms with E-state index in [0.717, 1.165) is 6.08 Å². The zero-order chi connectivity index (χ0) is 4.28. The van der Waals surface area contributed by atoms with Crippen molar-refractivity contribution in [3.05, 3.63) is 18.4 Å². The third kappa shape index (κ3) is 8.94. The van der Waals surface area contributed by atoms with Gasteiger partial charge in [-0.2, -0.15) is 0 Å². The average molecular weight is 161 g/mol. The zero-order valence-corrected chi connectivity index (χ0v) is 5.65. The molecule has 0 aromatic heterocycles. The Morgan fingerprint density at radius 2 is 2.00 bits per heavy atom. The van der Waals surface area contributed by atoms with Gasteiger partial charge in [0.05, 0.1) is 5.91 Å². The molecule has 0 unspecified atom stereocenters. The molecule has 0 fully saturated rings. The van der Waals surface area contributed by atoms with Crippen molar-refractivity contribution >= 4 is 5.91 Å². The number of hydrogen-bond donors (Lipinski definition) is 0. The van der Waals surface area contributed by atoms with Crippen molar-refractivity contribution in [3.63, 3.8) is 0 Å². The fraction of sp³-hybridized carbons (Fsp3) is 0. The first kappa shape index (κ1) is 9.43. The monoisotopic (exact) mass is 160 g/mol. The molecule has 3 heteroatoms. The fourth-order valence-corrected chi connectivity index (χ4v) is 0. The minimum absolute atomic E-state index is 0. The molecule has 0 spiro atoms. The van der Waals surface area contributed by atoms with Gasteiger partial charge in [0.1, 0.15) is 0 Å². The van der Waals surface area contributed by atoms with Crippen LogP contribution in [0.5, 0.6) is 0 Å². The van der Waals surface area contributed by atoms with E-state index in [1.807, 2.05) is 0 Å². The molecule has 0 aromatic rings. The molecule has 1 N–H and O–H groups in total. The van der Waals surface area contributed by atoms with Crippen molar-refractivity contribution in [1.29, 1.82) is 0 Å². The Bertz CT molecular complexity index is 61.8. The third-order valence-corrected chi connectivity index (χ3v) is 0.185. The van der Waals surface area contributed by atoms with Crippen molar-refractivity contribution in [3.8, 4) is 0 Å². The Balaban J connectivity index is 0. The summed E-state index contributed by atoms with van der Waals surface area (Å²) in [7, 11) is 0. The van der Waals surface area contributed by atoms with Crippen LogP contribution in [-0.4, -0.2) is 5.91 Å². The molecule has 32 valence electrons. The van der Waals surface area contributed by atoms with E-state index in [0.29, 0.717) is 0 Å².